The number of nitrogens with one attached hydrogen (secondary N) is 1. The zero-order valence-electron chi connectivity index (χ0n) is 19.8. The lowest BCUT2D eigenvalue weighted by atomic mass is 10.0. The van der Waals surface area contributed by atoms with Gasteiger partial charge in [-0.2, -0.15) is 10.2 Å². The van der Waals surface area contributed by atoms with Gasteiger partial charge >= 0.3 is 0 Å². The molecule has 178 valence electrons. The van der Waals surface area contributed by atoms with Crippen LogP contribution in [-0.4, -0.2) is 21.0 Å². The Hall–Kier alpha value is -4.55. The molecule has 0 spiro atoms. The molecule has 37 heavy (non-hydrogen) atoms. The van der Waals surface area contributed by atoms with Crippen LogP contribution >= 0.6 is 15.9 Å². The van der Waals surface area contributed by atoms with Gasteiger partial charge in [-0.15, -0.1) is 0 Å². The third-order valence-corrected chi connectivity index (χ3v) is 6.54. The maximum Gasteiger partial charge on any atom is 0.147 e. The van der Waals surface area contributed by atoms with Crippen molar-refractivity contribution in [2.24, 2.45) is 5.10 Å². The van der Waals surface area contributed by atoms with E-state index in [9.17, 15) is 0 Å². The van der Waals surface area contributed by atoms with Crippen molar-refractivity contribution in [3.05, 3.63) is 131 Å². The van der Waals surface area contributed by atoms with Crippen LogP contribution in [0.2, 0.25) is 0 Å². The first kappa shape index (κ1) is 22.9. The van der Waals surface area contributed by atoms with Gasteiger partial charge in [-0.3, -0.25) is 5.43 Å². The van der Waals surface area contributed by atoms with Crippen LogP contribution < -0.4 is 5.43 Å². The highest BCUT2D eigenvalue weighted by molar-refractivity contribution is 9.10. The summed E-state index contributed by atoms with van der Waals surface area (Å²) in [5.41, 5.74) is 10.0. The van der Waals surface area contributed by atoms with Crippen molar-refractivity contribution in [3.8, 4) is 28.1 Å². The number of rotatable bonds is 6. The average molecular weight is 544 g/mol. The second-order valence-corrected chi connectivity index (χ2v) is 9.45. The quantitative estimate of drug-likeness (QED) is 0.171. The molecule has 0 saturated heterocycles. The summed E-state index contributed by atoms with van der Waals surface area (Å²) >= 11 is 3.60. The summed E-state index contributed by atoms with van der Waals surface area (Å²) in [6.45, 7) is 0. The number of hydrogen-bond donors (Lipinski definition) is 1. The Morgan fingerprint density at radius 3 is 2.16 bits per heavy atom. The lowest BCUT2D eigenvalue weighted by molar-refractivity contribution is 0.884. The Bertz CT molecular complexity index is 1690. The molecule has 0 aliphatic carbocycles. The highest BCUT2D eigenvalue weighted by Crippen LogP contribution is 2.32. The molecule has 0 radical (unpaired) electrons. The first-order valence-corrected chi connectivity index (χ1v) is 12.7. The van der Waals surface area contributed by atoms with Gasteiger partial charge < -0.3 is 0 Å². The summed E-state index contributed by atoms with van der Waals surface area (Å²) in [6, 6.07) is 38.7. The zero-order chi connectivity index (χ0) is 25.0. The minimum absolute atomic E-state index is 0.668. The van der Waals surface area contributed by atoms with Gasteiger partial charge in [0.25, 0.3) is 0 Å². The van der Waals surface area contributed by atoms with E-state index in [0.29, 0.717) is 5.82 Å². The molecule has 0 unspecified atom stereocenters. The predicted octanol–water partition coefficient (Wildman–Crippen LogP) is 7.96. The molecule has 4 aromatic carbocycles. The van der Waals surface area contributed by atoms with E-state index in [1.807, 2.05) is 95.8 Å². The molecule has 0 saturated carbocycles. The third kappa shape index (κ3) is 4.92. The second kappa shape index (κ2) is 10.2. The van der Waals surface area contributed by atoms with Crippen molar-refractivity contribution >= 4 is 38.9 Å². The summed E-state index contributed by atoms with van der Waals surface area (Å²) in [6.07, 6.45) is 3.79. The highest BCUT2D eigenvalue weighted by atomic mass is 79.9. The first-order valence-electron chi connectivity index (χ1n) is 11.9. The number of anilines is 1. The minimum atomic E-state index is 0.668. The standard InChI is InChI=1S/C31H22BrN5/c32-25-16-17-29-28(18-25)27(22-10-4-1-5-11-22)19-30(34-29)35-33-20-24-21-37(26-14-8-3-9-15-26)36-31(24)23-12-6-2-7-13-23/h1-21H,(H,34,35)/b33-20-. The molecular weight excluding hydrogens is 522 g/mol. The molecule has 6 heteroatoms. The SMILES string of the molecule is Brc1ccc2nc(N/N=C\c3cn(-c4ccccc4)nc3-c3ccccc3)cc(-c3ccccc3)c2c1. The smallest absolute Gasteiger partial charge is 0.147 e. The summed E-state index contributed by atoms with van der Waals surface area (Å²) in [7, 11) is 0. The molecule has 0 aliphatic rings. The minimum Gasteiger partial charge on any atom is -0.261 e. The van der Waals surface area contributed by atoms with Gasteiger partial charge in [0.1, 0.15) is 11.5 Å². The number of halogens is 1. The van der Waals surface area contributed by atoms with Gasteiger partial charge in [-0.1, -0.05) is 94.8 Å². The third-order valence-electron chi connectivity index (χ3n) is 6.05. The maximum absolute atomic E-state index is 4.86. The molecule has 0 atom stereocenters. The fourth-order valence-electron chi connectivity index (χ4n) is 4.29. The van der Waals surface area contributed by atoms with Crippen molar-refractivity contribution in [2.45, 2.75) is 0 Å². The molecule has 0 aliphatic heterocycles. The zero-order valence-corrected chi connectivity index (χ0v) is 21.4. The number of nitrogens with zero attached hydrogens (tertiary/aromatic N) is 4. The molecule has 6 rings (SSSR count). The van der Waals surface area contributed by atoms with Gasteiger partial charge in [-0.05, 0) is 47.5 Å². The second-order valence-electron chi connectivity index (χ2n) is 8.53. The highest BCUT2D eigenvalue weighted by Gasteiger charge is 2.12. The van der Waals surface area contributed by atoms with E-state index in [2.05, 4.69) is 56.8 Å². The van der Waals surface area contributed by atoms with Crippen LogP contribution in [0.1, 0.15) is 5.56 Å². The van der Waals surface area contributed by atoms with Gasteiger partial charge in [0.15, 0.2) is 0 Å². The lowest BCUT2D eigenvalue weighted by Gasteiger charge is -2.10. The fraction of sp³-hybridized carbons (Fsp3) is 0. The van der Waals surface area contributed by atoms with Crippen molar-refractivity contribution in [2.75, 3.05) is 5.43 Å². The van der Waals surface area contributed by atoms with Crippen molar-refractivity contribution in [1.82, 2.24) is 14.8 Å². The van der Waals surface area contributed by atoms with Crippen LogP contribution in [0.3, 0.4) is 0 Å². The molecule has 0 bridgehead atoms. The molecule has 5 nitrogen and oxygen atoms in total. The van der Waals surface area contributed by atoms with E-state index in [4.69, 9.17) is 10.1 Å². The first-order chi connectivity index (χ1) is 18.2. The van der Waals surface area contributed by atoms with Gasteiger partial charge in [0.2, 0.25) is 0 Å². The van der Waals surface area contributed by atoms with Crippen LogP contribution in [0, 0.1) is 0 Å². The Kier molecular flexibility index (Phi) is 6.31. The molecule has 0 fully saturated rings. The molecular formula is C31H22BrN5. The predicted molar refractivity (Wildman–Crippen MR) is 155 cm³/mol. The van der Waals surface area contributed by atoms with Crippen molar-refractivity contribution in [1.29, 1.82) is 0 Å². The maximum atomic E-state index is 4.86. The van der Waals surface area contributed by atoms with E-state index in [-0.39, 0.29) is 0 Å². The Morgan fingerprint density at radius 1 is 0.757 bits per heavy atom. The largest absolute Gasteiger partial charge is 0.261 e. The lowest BCUT2D eigenvalue weighted by Crippen LogP contribution is -1.96. The Morgan fingerprint density at radius 2 is 1.43 bits per heavy atom. The summed E-state index contributed by atoms with van der Waals surface area (Å²) in [5, 5.41) is 10.5. The van der Waals surface area contributed by atoms with Crippen LogP contribution in [0.4, 0.5) is 5.82 Å². The Balaban J connectivity index is 1.37. The van der Waals surface area contributed by atoms with Crippen LogP contribution in [0.5, 0.6) is 0 Å². The number of hydrazone groups is 1. The number of fused-ring (bicyclic) bond motifs is 1. The molecule has 1 N–H and O–H groups in total. The summed E-state index contributed by atoms with van der Waals surface area (Å²) in [4.78, 5) is 4.80. The Labute approximate surface area is 223 Å². The molecule has 2 aromatic heterocycles. The molecule has 6 aromatic rings. The summed E-state index contributed by atoms with van der Waals surface area (Å²) in [5.74, 6) is 0.668. The van der Waals surface area contributed by atoms with Crippen LogP contribution in [0.25, 0.3) is 39.0 Å². The molecule has 2 heterocycles. The van der Waals surface area contributed by atoms with Crippen molar-refractivity contribution in [3.63, 3.8) is 0 Å². The van der Waals surface area contributed by atoms with Crippen LogP contribution in [-0.2, 0) is 0 Å². The number of benzene rings is 4. The average Bonchev–Trinajstić information content (AvgIpc) is 3.38. The number of pyridine rings is 1. The molecule has 0 amide bonds. The van der Waals surface area contributed by atoms with E-state index < -0.39 is 0 Å². The van der Waals surface area contributed by atoms with Gasteiger partial charge in [-0.25, -0.2) is 9.67 Å². The fourth-order valence-corrected chi connectivity index (χ4v) is 4.66. The normalized spacial score (nSPS) is 11.3. The van der Waals surface area contributed by atoms with Crippen LogP contribution in [0.15, 0.2) is 131 Å². The van der Waals surface area contributed by atoms with Gasteiger partial charge in [0, 0.05) is 27.2 Å². The topological polar surface area (TPSA) is 55.1 Å². The van der Waals surface area contributed by atoms with E-state index in [1.165, 1.54) is 0 Å². The van der Waals surface area contributed by atoms with E-state index >= 15 is 0 Å². The number of aromatic nitrogens is 3. The number of hydrogen-bond acceptors (Lipinski definition) is 4. The van der Waals surface area contributed by atoms with E-state index in [1.54, 1.807) is 6.21 Å². The van der Waals surface area contributed by atoms with Crippen molar-refractivity contribution < 1.29 is 0 Å². The summed E-state index contributed by atoms with van der Waals surface area (Å²) < 4.78 is 2.89. The monoisotopic (exact) mass is 543 g/mol. The number of para-hydroxylation sites is 1. The van der Waals surface area contributed by atoms with E-state index in [0.717, 1.165) is 49.0 Å². The van der Waals surface area contributed by atoms with Gasteiger partial charge in [0.05, 0.1) is 17.4 Å².